The summed E-state index contributed by atoms with van der Waals surface area (Å²) < 4.78 is 13.1. The molecule has 0 unspecified atom stereocenters. The maximum Gasteiger partial charge on any atom is 0.220 e. The van der Waals surface area contributed by atoms with Gasteiger partial charge in [-0.2, -0.15) is 0 Å². The first-order valence-corrected chi connectivity index (χ1v) is 7.27. The van der Waals surface area contributed by atoms with E-state index in [1.54, 1.807) is 6.07 Å². The normalized spacial score (nSPS) is 17.4. The predicted octanol–water partition coefficient (Wildman–Crippen LogP) is 1.44. The summed E-state index contributed by atoms with van der Waals surface area (Å²) in [7, 11) is 0. The van der Waals surface area contributed by atoms with Crippen LogP contribution < -0.4 is 5.73 Å². The lowest BCUT2D eigenvalue weighted by Crippen LogP contribution is -2.39. The maximum absolute atomic E-state index is 13.1. The Hall–Kier alpha value is -1.95. The summed E-state index contributed by atoms with van der Waals surface area (Å²) in [6, 6.07) is 4.56. The van der Waals surface area contributed by atoms with Gasteiger partial charge >= 0.3 is 0 Å². The number of carbonyl (C=O) groups is 1. The number of fused-ring (bicyclic) bond motifs is 1. The molecule has 0 atom stereocenters. The third kappa shape index (κ3) is 3.21. The molecular formula is C15H19FN4O. The van der Waals surface area contributed by atoms with Crippen molar-refractivity contribution in [3.05, 3.63) is 29.8 Å². The summed E-state index contributed by atoms with van der Waals surface area (Å²) in [5.74, 6) is 0.447. The van der Waals surface area contributed by atoms with Crippen LogP contribution in [0.15, 0.2) is 18.2 Å². The van der Waals surface area contributed by atoms with Crippen LogP contribution in [0.1, 0.15) is 18.7 Å². The lowest BCUT2D eigenvalue weighted by Gasteiger charge is -2.30. The Morgan fingerprint density at radius 1 is 1.43 bits per heavy atom. The van der Waals surface area contributed by atoms with Crippen LogP contribution in [-0.2, 0) is 11.2 Å². The molecule has 0 aliphatic carbocycles. The van der Waals surface area contributed by atoms with Gasteiger partial charge in [0.1, 0.15) is 11.6 Å². The number of imidazole rings is 1. The van der Waals surface area contributed by atoms with Crippen molar-refractivity contribution in [1.29, 1.82) is 0 Å². The molecule has 0 bridgehead atoms. The molecule has 0 radical (unpaired) electrons. The highest BCUT2D eigenvalue weighted by atomic mass is 19.1. The molecular weight excluding hydrogens is 271 g/mol. The first-order chi connectivity index (χ1) is 10.1. The third-order valence-corrected chi connectivity index (χ3v) is 4.15. The van der Waals surface area contributed by atoms with E-state index in [4.69, 9.17) is 5.73 Å². The number of hydrogen-bond acceptors (Lipinski definition) is 3. The highest BCUT2D eigenvalue weighted by Gasteiger charge is 2.22. The number of piperidine rings is 1. The molecule has 3 N–H and O–H groups in total. The van der Waals surface area contributed by atoms with E-state index in [9.17, 15) is 9.18 Å². The van der Waals surface area contributed by atoms with Crippen molar-refractivity contribution in [1.82, 2.24) is 14.9 Å². The van der Waals surface area contributed by atoms with Crippen molar-refractivity contribution < 1.29 is 9.18 Å². The molecule has 112 valence electrons. The first kappa shape index (κ1) is 14.0. The lowest BCUT2D eigenvalue weighted by molar-refractivity contribution is -0.123. The Morgan fingerprint density at radius 2 is 2.19 bits per heavy atom. The van der Waals surface area contributed by atoms with Gasteiger partial charge in [-0.1, -0.05) is 0 Å². The van der Waals surface area contributed by atoms with Gasteiger partial charge in [0.15, 0.2) is 0 Å². The van der Waals surface area contributed by atoms with E-state index in [1.165, 1.54) is 12.1 Å². The van der Waals surface area contributed by atoms with E-state index in [1.807, 2.05) is 0 Å². The molecule has 0 saturated carbocycles. The number of likely N-dealkylation sites (tertiary alicyclic amines) is 1. The summed E-state index contributed by atoms with van der Waals surface area (Å²) in [5, 5.41) is 0. The molecule has 2 aromatic rings. The van der Waals surface area contributed by atoms with Crippen molar-refractivity contribution >= 4 is 16.9 Å². The molecule has 1 aliphatic rings. The zero-order valence-corrected chi connectivity index (χ0v) is 11.8. The number of benzene rings is 1. The number of carbonyl (C=O) groups excluding carboxylic acids is 1. The van der Waals surface area contributed by atoms with Gasteiger partial charge in [0.2, 0.25) is 5.91 Å². The Bertz CT molecular complexity index is 646. The summed E-state index contributed by atoms with van der Waals surface area (Å²) in [5.41, 5.74) is 6.85. The van der Waals surface area contributed by atoms with Gasteiger partial charge in [-0.3, -0.25) is 4.79 Å². The van der Waals surface area contributed by atoms with Crippen molar-refractivity contribution in [3.8, 4) is 0 Å². The number of nitrogens with zero attached hydrogens (tertiary/aromatic N) is 2. The van der Waals surface area contributed by atoms with Crippen LogP contribution >= 0.6 is 0 Å². The second-order valence-electron chi connectivity index (χ2n) is 5.61. The van der Waals surface area contributed by atoms with E-state index in [0.717, 1.165) is 55.8 Å². The molecule has 21 heavy (non-hydrogen) atoms. The van der Waals surface area contributed by atoms with Gasteiger partial charge in [0.05, 0.1) is 11.0 Å². The maximum atomic E-state index is 13.1. The minimum atomic E-state index is -0.258. The Balaban J connectivity index is 1.56. The average Bonchev–Trinajstić information content (AvgIpc) is 2.87. The van der Waals surface area contributed by atoms with E-state index < -0.39 is 0 Å². The third-order valence-electron chi connectivity index (χ3n) is 4.15. The fourth-order valence-corrected chi connectivity index (χ4v) is 2.86. The minimum Gasteiger partial charge on any atom is -0.369 e. The topological polar surface area (TPSA) is 75.0 Å². The summed E-state index contributed by atoms with van der Waals surface area (Å²) >= 11 is 0. The van der Waals surface area contributed by atoms with E-state index in [0.29, 0.717) is 0 Å². The number of nitrogens with one attached hydrogen (secondary N) is 1. The van der Waals surface area contributed by atoms with Crippen LogP contribution in [0.4, 0.5) is 4.39 Å². The van der Waals surface area contributed by atoms with Crippen molar-refractivity contribution in [3.63, 3.8) is 0 Å². The van der Waals surface area contributed by atoms with Crippen LogP contribution in [0.3, 0.4) is 0 Å². The summed E-state index contributed by atoms with van der Waals surface area (Å²) in [4.78, 5) is 21.0. The van der Waals surface area contributed by atoms with Crippen LogP contribution in [-0.4, -0.2) is 40.4 Å². The largest absolute Gasteiger partial charge is 0.369 e. The van der Waals surface area contributed by atoms with Crippen molar-refractivity contribution in [2.75, 3.05) is 19.6 Å². The predicted molar refractivity (Wildman–Crippen MR) is 78.1 cm³/mol. The molecule has 6 heteroatoms. The van der Waals surface area contributed by atoms with E-state index in [2.05, 4.69) is 14.9 Å². The van der Waals surface area contributed by atoms with Crippen LogP contribution in [0.25, 0.3) is 11.0 Å². The molecule has 1 fully saturated rings. The zero-order chi connectivity index (χ0) is 14.8. The Kier molecular flexibility index (Phi) is 3.88. The van der Waals surface area contributed by atoms with Gasteiger partial charge in [-0.15, -0.1) is 0 Å². The monoisotopic (exact) mass is 290 g/mol. The quantitative estimate of drug-likeness (QED) is 0.894. The highest BCUT2D eigenvalue weighted by molar-refractivity contribution is 5.76. The number of nitrogens with two attached hydrogens (primary N) is 1. The van der Waals surface area contributed by atoms with Gasteiger partial charge in [0.25, 0.3) is 0 Å². The van der Waals surface area contributed by atoms with E-state index in [-0.39, 0.29) is 17.6 Å². The fraction of sp³-hybridized carbons (Fsp3) is 0.467. The number of hydrogen-bond donors (Lipinski definition) is 2. The molecule has 2 heterocycles. The average molecular weight is 290 g/mol. The van der Waals surface area contributed by atoms with Crippen LogP contribution in [0, 0.1) is 11.7 Å². The lowest BCUT2D eigenvalue weighted by atomic mass is 9.96. The number of aromatic nitrogens is 2. The fourth-order valence-electron chi connectivity index (χ4n) is 2.86. The van der Waals surface area contributed by atoms with Gasteiger partial charge < -0.3 is 15.6 Å². The van der Waals surface area contributed by atoms with E-state index >= 15 is 0 Å². The number of primary amides is 1. The second kappa shape index (κ2) is 5.81. The van der Waals surface area contributed by atoms with Crippen molar-refractivity contribution in [2.24, 2.45) is 11.7 Å². The Morgan fingerprint density at radius 3 is 2.90 bits per heavy atom. The SMILES string of the molecule is NC(=O)C1CCN(CCc2nc3ccc(F)cc3[nH]2)CC1. The standard InChI is InChI=1S/C15H19FN4O/c16-11-1-2-12-13(9-11)19-14(18-12)5-8-20-6-3-10(4-7-20)15(17)21/h1-2,9-10H,3-8H2,(H2,17,21)(H,18,19). The van der Waals surface area contributed by atoms with Gasteiger partial charge in [-0.05, 0) is 44.1 Å². The Labute approximate surface area is 122 Å². The second-order valence-corrected chi connectivity index (χ2v) is 5.61. The number of halogens is 1. The molecule has 1 aliphatic heterocycles. The smallest absolute Gasteiger partial charge is 0.220 e. The molecule has 0 spiro atoms. The highest BCUT2D eigenvalue weighted by Crippen LogP contribution is 2.17. The number of amides is 1. The van der Waals surface area contributed by atoms with Crippen LogP contribution in [0.5, 0.6) is 0 Å². The summed E-state index contributed by atoms with van der Waals surface area (Å²) in [6.45, 7) is 2.67. The first-order valence-electron chi connectivity index (χ1n) is 7.27. The molecule has 5 nitrogen and oxygen atoms in total. The minimum absolute atomic E-state index is 0.0235. The van der Waals surface area contributed by atoms with Gasteiger partial charge in [0, 0.05) is 18.9 Å². The number of aromatic amines is 1. The number of rotatable bonds is 4. The molecule has 1 aromatic heterocycles. The zero-order valence-electron chi connectivity index (χ0n) is 11.8. The molecule has 3 rings (SSSR count). The molecule has 1 amide bonds. The molecule has 1 saturated heterocycles. The summed E-state index contributed by atoms with van der Waals surface area (Å²) in [6.07, 6.45) is 2.46. The van der Waals surface area contributed by atoms with Gasteiger partial charge in [-0.25, -0.2) is 9.37 Å². The van der Waals surface area contributed by atoms with Crippen molar-refractivity contribution in [2.45, 2.75) is 19.3 Å². The number of H-pyrrole nitrogens is 1. The van der Waals surface area contributed by atoms with Crippen LogP contribution in [0.2, 0.25) is 0 Å². The molecule has 1 aromatic carbocycles.